The average Bonchev–Trinajstić information content (AvgIpc) is 2.58. The fourth-order valence-corrected chi connectivity index (χ4v) is 2.54. The molecule has 0 unspecified atom stereocenters. The number of esters is 1. The fourth-order valence-electron chi connectivity index (χ4n) is 2.54. The Balaban J connectivity index is 1.98. The molecule has 0 amide bonds. The topological polar surface area (TPSA) is 26.3 Å². The molecule has 1 saturated carbocycles. The summed E-state index contributed by atoms with van der Waals surface area (Å²) in [6.45, 7) is 2.13. The first-order chi connectivity index (χ1) is 5.77. The van der Waals surface area contributed by atoms with Crippen LogP contribution in [-0.2, 0) is 9.53 Å². The van der Waals surface area contributed by atoms with Crippen LogP contribution in [0.2, 0.25) is 0 Å². The van der Waals surface area contributed by atoms with Gasteiger partial charge in [0.1, 0.15) is 6.10 Å². The Morgan fingerprint density at radius 3 is 2.50 bits per heavy atom. The van der Waals surface area contributed by atoms with Crippen molar-refractivity contribution in [2.45, 2.75) is 45.1 Å². The quantitative estimate of drug-likeness (QED) is 0.561. The maximum Gasteiger partial charge on any atom is 0.306 e. The van der Waals surface area contributed by atoms with Gasteiger partial charge >= 0.3 is 5.97 Å². The second kappa shape index (κ2) is 3.08. The van der Waals surface area contributed by atoms with Crippen LogP contribution >= 0.6 is 0 Å². The van der Waals surface area contributed by atoms with E-state index in [2.05, 4.69) is 6.92 Å². The van der Waals surface area contributed by atoms with Gasteiger partial charge in [-0.05, 0) is 18.8 Å². The van der Waals surface area contributed by atoms with Crippen molar-refractivity contribution in [3.05, 3.63) is 0 Å². The first kappa shape index (κ1) is 8.09. The summed E-state index contributed by atoms with van der Waals surface area (Å²) in [5.41, 5.74) is 0. The molecule has 68 valence electrons. The predicted octanol–water partition coefficient (Wildman–Crippen LogP) is 2.13. The molecule has 0 aromatic carbocycles. The summed E-state index contributed by atoms with van der Waals surface area (Å²) in [6, 6.07) is 0. The normalized spacial score (nSPS) is 37.2. The highest BCUT2D eigenvalue weighted by molar-refractivity contribution is 5.72. The molecule has 2 nitrogen and oxygen atoms in total. The molecule has 1 heterocycles. The van der Waals surface area contributed by atoms with E-state index in [0.29, 0.717) is 18.3 Å². The van der Waals surface area contributed by atoms with E-state index in [9.17, 15) is 4.79 Å². The summed E-state index contributed by atoms with van der Waals surface area (Å²) in [5, 5.41) is 0. The van der Waals surface area contributed by atoms with E-state index >= 15 is 0 Å². The summed E-state index contributed by atoms with van der Waals surface area (Å²) < 4.78 is 5.32. The molecular formula is C10H16O2. The summed E-state index contributed by atoms with van der Waals surface area (Å²) in [6.07, 6.45) is 6.07. The van der Waals surface area contributed by atoms with Crippen molar-refractivity contribution in [2.75, 3.05) is 0 Å². The van der Waals surface area contributed by atoms with Crippen molar-refractivity contribution in [1.29, 1.82) is 0 Å². The minimum atomic E-state index is 0.0133. The van der Waals surface area contributed by atoms with Gasteiger partial charge in [-0.3, -0.25) is 4.79 Å². The van der Waals surface area contributed by atoms with Crippen LogP contribution in [0.25, 0.3) is 0 Å². The molecule has 1 saturated heterocycles. The molecule has 2 aliphatic rings. The number of ether oxygens (including phenoxy) is 1. The van der Waals surface area contributed by atoms with Crippen LogP contribution in [0.5, 0.6) is 0 Å². The predicted molar refractivity (Wildman–Crippen MR) is 45.6 cm³/mol. The number of hydrogen-bond donors (Lipinski definition) is 0. The monoisotopic (exact) mass is 168 g/mol. The van der Waals surface area contributed by atoms with Gasteiger partial charge in [-0.1, -0.05) is 19.8 Å². The molecule has 0 spiro atoms. The largest absolute Gasteiger partial charge is 0.462 e. The standard InChI is InChI=1S/C10H16O2/c1-7-6-9(11)12-10(7)8-4-2-3-5-8/h7-8,10H,2-6H2,1H3/t7-,10+/m1/s1. The van der Waals surface area contributed by atoms with Crippen LogP contribution in [0, 0.1) is 11.8 Å². The highest BCUT2D eigenvalue weighted by atomic mass is 16.6. The van der Waals surface area contributed by atoms with Crippen molar-refractivity contribution in [2.24, 2.45) is 11.8 Å². The van der Waals surface area contributed by atoms with Gasteiger partial charge in [0.25, 0.3) is 0 Å². The zero-order valence-electron chi connectivity index (χ0n) is 7.58. The highest BCUT2D eigenvalue weighted by Crippen LogP contribution is 2.36. The Morgan fingerprint density at radius 2 is 2.00 bits per heavy atom. The molecular weight excluding hydrogens is 152 g/mol. The van der Waals surface area contributed by atoms with E-state index in [1.54, 1.807) is 0 Å². The van der Waals surface area contributed by atoms with Crippen molar-refractivity contribution in [3.8, 4) is 0 Å². The fraction of sp³-hybridized carbons (Fsp3) is 0.900. The van der Waals surface area contributed by atoms with E-state index in [-0.39, 0.29) is 12.1 Å². The van der Waals surface area contributed by atoms with Crippen LogP contribution in [0.1, 0.15) is 39.0 Å². The minimum absolute atomic E-state index is 0.0133. The summed E-state index contributed by atoms with van der Waals surface area (Å²) >= 11 is 0. The van der Waals surface area contributed by atoms with Gasteiger partial charge in [0.15, 0.2) is 0 Å². The van der Waals surface area contributed by atoms with E-state index in [4.69, 9.17) is 4.74 Å². The van der Waals surface area contributed by atoms with Gasteiger partial charge in [-0.15, -0.1) is 0 Å². The first-order valence-corrected chi connectivity index (χ1v) is 4.97. The van der Waals surface area contributed by atoms with Crippen molar-refractivity contribution in [1.82, 2.24) is 0 Å². The Bertz CT molecular complexity index is 182. The third-order valence-corrected chi connectivity index (χ3v) is 3.18. The van der Waals surface area contributed by atoms with Crippen LogP contribution < -0.4 is 0 Å². The summed E-state index contributed by atoms with van der Waals surface area (Å²) in [5.74, 6) is 1.14. The van der Waals surface area contributed by atoms with Crippen molar-refractivity contribution >= 4 is 5.97 Å². The second-order valence-electron chi connectivity index (χ2n) is 4.18. The number of hydrogen-bond acceptors (Lipinski definition) is 2. The second-order valence-corrected chi connectivity index (χ2v) is 4.18. The number of rotatable bonds is 1. The van der Waals surface area contributed by atoms with Crippen LogP contribution in [-0.4, -0.2) is 12.1 Å². The number of carbonyl (C=O) groups excluding carboxylic acids is 1. The lowest BCUT2D eigenvalue weighted by Crippen LogP contribution is -2.22. The van der Waals surface area contributed by atoms with E-state index in [0.717, 1.165) is 0 Å². The summed E-state index contributed by atoms with van der Waals surface area (Å²) in [7, 11) is 0. The highest BCUT2D eigenvalue weighted by Gasteiger charge is 2.38. The zero-order valence-corrected chi connectivity index (χ0v) is 7.58. The maximum atomic E-state index is 11.0. The van der Waals surface area contributed by atoms with Crippen LogP contribution in [0.15, 0.2) is 0 Å². The lowest BCUT2D eigenvalue weighted by Gasteiger charge is -2.20. The molecule has 1 aliphatic carbocycles. The molecule has 0 aromatic rings. The lowest BCUT2D eigenvalue weighted by atomic mass is 9.91. The number of cyclic esters (lactones) is 1. The van der Waals surface area contributed by atoms with Gasteiger partial charge in [0, 0.05) is 5.92 Å². The van der Waals surface area contributed by atoms with E-state index < -0.39 is 0 Å². The Morgan fingerprint density at radius 1 is 1.33 bits per heavy atom. The molecule has 2 rings (SSSR count). The maximum absolute atomic E-state index is 11.0. The van der Waals surface area contributed by atoms with E-state index in [1.807, 2.05) is 0 Å². The van der Waals surface area contributed by atoms with Gasteiger partial charge < -0.3 is 4.74 Å². The lowest BCUT2D eigenvalue weighted by molar-refractivity contribution is -0.143. The average molecular weight is 168 g/mol. The molecule has 0 aromatic heterocycles. The molecule has 2 heteroatoms. The number of carbonyl (C=O) groups is 1. The minimum Gasteiger partial charge on any atom is -0.462 e. The van der Waals surface area contributed by atoms with Crippen molar-refractivity contribution in [3.63, 3.8) is 0 Å². The third kappa shape index (κ3) is 1.35. The molecule has 0 radical (unpaired) electrons. The smallest absolute Gasteiger partial charge is 0.306 e. The third-order valence-electron chi connectivity index (χ3n) is 3.18. The Kier molecular flexibility index (Phi) is 2.07. The van der Waals surface area contributed by atoms with Gasteiger partial charge in [0.2, 0.25) is 0 Å². The van der Waals surface area contributed by atoms with Gasteiger partial charge in [0.05, 0.1) is 6.42 Å². The van der Waals surface area contributed by atoms with Gasteiger partial charge in [-0.25, -0.2) is 0 Å². The van der Waals surface area contributed by atoms with Crippen molar-refractivity contribution < 1.29 is 9.53 Å². The first-order valence-electron chi connectivity index (χ1n) is 4.97. The van der Waals surface area contributed by atoms with Crippen LogP contribution in [0.4, 0.5) is 0 Å². The Labute approximate surface area is 73.3 Å². The molecule has 2 atom stereocenters. The molecule has 0 N–H and O–H groups in total. The molecule has 0 bridgehead atoms. The van der Waals surface area contributed by atoms with E-state index in [1.165, 1.54) is 25.7 Å². The zero-order chi connectivity index (χ0) is 8.55. The molecule has 12 heavy (non-hydrogen) atoms. The van der Waals surface area contributed by atoms with Crippen LogP contribution in [0.3, 0.4) is 0 Å². The summed E-state index contributed by atoms with van der Waals surface area (Å²) in [4.78, 5) is 11.0. The Hall–Kier alpha value is -0.530. The SMILES string of the molecule is C[C@@H]1CC(=O)O[C@@H]1C1CCCC1. The van der Waals surface area contributed by atoms with Gasteiger partial charge in [-0.2, -0.15) is 0 Å². The molecule has 2 fully saturated rings. The molecule has 1 aliphatic heterocycles.